The second-order valence-electron chi connectivity index (χ2n) is 13.9. The number of halogens is 1. The molecule has 49 heavy (non-hydrogen) atoms. The maximum Gasteiger partial charge on any atom is 0.313 e. The van der Waals surface area contributed by atoms with Crippen LogP contribution in [0.5, 0.6) is 0 Å². The van der Waals surface area contributed by atoms with E-state index in [0.29, 0.717) is 24.0 Å². The lowest BCUT2D eigenvalue weighted by Gasteiger charge is -2.43. The van der Waals surface area contributed by atoms with Crippen LogP contribution in [-0.4, -0.2) is 86.4 Å². The molecule has 3 fully saturated rings. The van der Waals surface area contributed by atoms with Crippen LogP contribution >= 0.6 is 15.9 Å². The summed E-state index contributed by atoms with van der Waals surface area (Å²) in [4.78, 5) is 59.3. The Morgan fingerprint density at radius 1 is 1.10 bits per heavy atom. The number of aliphatic hydroxyl groups excluding tert-OH is 1. The van der Waals surface area contributed by atoms with E-state index in [4.69, 9.17) is 9.47 Å². The normalized spacial score (nSPS) is 26.8. The van der Waals surface area contributed by atoms with Gasteiger partial charge in [0, 0.05) is 23.3 Å². The molecule has 0 aliphatic carbocycles. The molecule has 262 valence electrons. The Balaban J connectivity index is 1.55. The molecule has 5 rings (SSSR count). The Labute approximate surface area is 296 Å². The summed E-state index contributed by atoms with van der Waals surface area (Å²) in [5.74, 6) is -3.76. The number of carbonyl (C=O) groups excluding carboxylic acids is 4. The number of nitrogens with one attached hydrogen (secondary N) is 1. The highest BCUT2D eigenvalue weighted by atomic mass is 79.9. The van der Waals surface area contributed by atoms with Gasteiger partial charge in [-0.15, -0.1) is 13.2 Å². The van der Waals surface area contributed by atoms with E-state index < -0.39 is 65.8 Å². The molecule has 2 aromatic carbocycles. The number of rotatable bonds is 14. The molecular weight excluding hydrogens is 690 g/mol. The molecule has 1 spiro atoms. The number of nitrogens with zero attached hydrogens (tertiary/aromatic N) is 2. The highest BCUT2D eigenvalue weighted by Crippen LogP contribution is 2.61. The zero-order chi connectivity index (χ0) is 35.5. The number of allylic oxidation sites excluding steroid dienone is 1. The molecular formula is C38H46BrN3O7. The van der Waals surface area contributed by atoms with Crippen LogP contribution in [-0.2, 0) is 28.7 Å². The topological polar surface area (TPSA) is 125 Å². The van der Waals surface area contributed by atoms with Crippen molar-refractivity contribution >= 4 is 39.6 Å². The minimum atomic E-state index is -1.37. The number of hydrogen-bond donors (Lipinski definition) is 2. The third-order valence-corrected chi connectivity index (χ3v) is 10.6. The first kappa shape index (κ1) is 36.5. The van der Waals surface area contributed by atoms with Gasteiger partial charge in [0.25, 0.3) is 0 Å². The summed E-state index contributed by atoms with van der Waals surface area (Å²) >= 11 is 3.73. The van der Waals surface area contributed by atoms with E-state index in [-0.39, 0.29) is 36.2 Å². The summed E-state index contributed by atoms with van der Waals surface area (Å²) in [6, 6.07) is 16.1. The molecule has 3 amide bonds. The number of carbonyl (C=O) groups is 4. The van der Waals surface area contributed by atoms with Crippen molar-refractivity contribution in [2.75, 3.05) is 19.7 Å². The van der Waals surface area contributed by atoms with Crippen molar-refractivity contribution in [2.24, 2.45) is 11.8 Å². The summed E-state index contributed by atoms with van der Waals surface area (Å²) in [7, 11) is 0. The first-order valence-electron chi connectivity index (χ1n) is 16.7. The van der Waals surface area contributed by atoms with Crippen molar-refractivity contribution in [1.29, 1.82) is 0 Å². The molecule has 2 aromatic rings. The average molecular weight is 737 g/mol. The predicted octanol–water partition coefficient (Wildman–Crippen LogP) is 4.65. The standard InChI is InChI=1S/C38H46BrN3O7/c1-6-8-19-29(44)40-22-28(25-17-13-10-14-18-25)48-36(47)30-31-34(45)42(27(23-43)24-15-11-9-12-16-24)33(38(31)21-26(39)32(30)49-38)35(46)41(20-7-2)37(3,4)5/h6-7,9-18,26-28,30-33,43H,1-2,8,19-23H2,3-5H3,(H,40,44)/t26?,27-,28-,30-,31+,32-,33-,38+/m1/s1. The van der Waals surface area contributed by atoms with Gasteiger partial charge in [-0.2, -0.15) is 0 Å². The van der Waals surface area contributed by atoms with Crippen LogP contribution < -0.4 is 5.32 Å². The van der Waals surface area contributed by atoms with Gasteiger partial charge in [-0.1, -0.05) is 88.7 Å². The number of amides is 3. The van der Waals surface area contributed by atoms with Crippen LogP contribution in [0, 0.1) is 11.8 Å². The lowest BCUT2D eigenvalue weighted by Crippen LogP contribution is -2.60. The number of fused-ring (bicyclic) bond motifs is 1. The third-order valence-electron chi connectivity index (χ3n) is 9.80. The molecule has 0 saturated carbocycles. The largest absolute Gasteiger partial charge is 0.455 e. The van der Waals surface area contributed by atoms with E-state index in [0.717, 1.165) is 0 Å². The van der Waals surface area contributed by atoms with Crippen molar-refractivity contribution in [3.63, 3.8) is 0 Å². The lowest BCUT2D eigenvalue weighted by molar-refractivity contribution is -0.161. The molecule has 2 N–H and O–H groups in total. The lowest BCUT2D eigenvalue weighted by atomic mass is 9.70. The summed E-state index contributed by atoms with van der Waals surface area (Å²) in [5.41, 5.74) is -0.682. The maximum atomic E-state index is 14.8. The number of ether oxygens (including phenoxy) is 2. The molecule has 0 radical (unpaired) electrons. The zero-order valence-electron chi connectivity index (χ0n) is 28.3. The first-order chi connectivity index (χ1) is 23.4. The summed E-state index contributed by atoms with van der Waals surface area (Å²) < 4.78 is 12.9. The van der Waals surface area contributed by atoms with Gasteiger partial charge in [0.1, 0.15) is 17.7 Å². The van der Waals surface area contributed by atoms with Crippen LogP contribution in [0.1, 0.15) is 63.3 Å². The minimum absolute atomic E-state index is 0.0292. The van der Waals surface area contributed by atoms with Gasteiger partial charge in [0.15, 0.2) is 0 Å². The molecule has 11 heteroatoms. The number of benzene rings is 2. The van der Waals surface area contributed by atoms with Gasteiger partial charge in [0.05, 0.1) is 37.1 Å². The van der Waals surface area contributed by atoms with Gasteiger partial charge in [-0.3, -0.25) is 19.2 Å². The van der Waals surface area contributed by atoms with Crippen LogP contribution in [0.2, 0.25) is 0 Å². The van der Waals surface area contributed by atoms with Crippen LogP contribution in [0.25, 0.3) is 0 Å². The number of esters is 1. The Hall–Kier alpha value is -3.80. The van der Waals surface area contributed by atoms with Gasteiger partial charge in [-0.25, -0.2) is 0 Å². The fourth-order valence-electron chi connectivity index (χ4n) is 7.59. The third kappa shape index (κ3) is 6.98. The number of likely N-dealkylation sites (tertiary alicyclic amines) is 1. The number of aliphatic hydroxyl groups is 1. The fourth-order valence-corrected chi connectivity index (χ4v) is 8.54. The maximum absolute atomic E-state index is 14.8. The highest BCUT2D eigenvalue weighted by molar-refractivity contribution is 9.09. The van der Waals surface area contributed by atoms with E-state index in [1.54, 1.807) is 29.2 Å². The Bertz CT molecular complexity index is 1550. The molecule has 0 aromatic heterocycles. The monoisotopic (exact) mass is 735 g/mol. The molecule has 3 aliphatic rings. The minimum Gasteiger partial charge on any atom is -0.455 e. The van der Waals surface area contributed by atoms with E-state index >= 15 is 0 Å². The summed E-state index contributed by atoms with van der Waals surface area (Å²) in [6.45, 7) is 13.1. The van der Waals surface area contributed by atoms with Crippen molar-refractivity contribution in [3.8, 4) is 0 Å². The van der Waals surface area contributed by atoms with Gasteiger partial charge >= 0.3 is 5.97 Å². The fraction of sp³-hybridized carbons (Fsp3) is 0.474. The smallest absolute Gasteiger partial charge is 0.313 e. The van der Waals surface area contributed by atoms with Crippen LogP contribution in [0.3, 0.4) is 0 Å². The van der Waals surface area contributed by atoms with Crippen molar-refractivity contribution in [3.05, 3.63) is 97.1 Å². The van der Waals surface area contributed by atoms with Crippen LogP contribution in [0.15, 0.2) is 86.0 Å². The Morgan fingerprint density at radius 2 is 1.73 bits per heavy atom. The van der Waals surface area contributed by atoms with E-state index in [2.05, 4.69) is 34.4 Å². The molecule has 3 heterocycles. The number of hydrogen-bond acceptors (Lipinski definition) is 7. The summed E-state index contributed by atoms with van der Waals surface area (Å²) in [5, 5.41) is 13.7. The molecule has 3 saturated heterocycles. The Kier molecular flexibility index (Phi) is 11.2. The first-order valence-corrected chi connectivity index (χ1v) is 17.7. The second-order valence-corrected chi connectivity index (χ2v) is 15.1. The van der Waals surface area contributed by atoms with Crippen LogP contribution in [0.4, 0.5) is 0 Å². The summed E-state index contributed by atoms with van der Waals surface area (Å²) in [6.07, 6.45) is 2.77. The molecule has 2 bridgehead atoms. The average Bonchev–Trinajstić information content (AvgIpc) is 3.68. The van der Waals surface area contributed by atoms with Gasteiger partial charge < -0.3 is 29.7 Å². The highest BCUT2D eigenvalue weighted by Gasteiger charge is 2.78. The van der Waals surface area contributed by atoms with Crippen molar-refractivity contribution in [2.45, 2.75) is 80.3 Å². The molecule has 8 atom stereocenters. The predicted molar refractivity (Wildman–Crippen MR) is 188 cm³/mol. The quantitative estimate of drug-likeness (QED) is 0.165. The molecule has 1 unspecified atom stereocenters. The second kappa shape index (κ2) is 15.0. The number of alkyl halides is 1. The van der Waals surface area contributed by atoms with Gasteiger partial charge in [-0.05, 0) is 44.7 Å². The SMILES string of the molecule is C=CCCC(=O)NC[C@@H](OC(=O)[C@H]1[C@@H]2O[C@@]3(CC2Br)[C@@H]1C(=O)N([C@H](CO)c1ccccc1)[C@@H]3C(=O)N(CC=C)C(C)(C)C)c1ccccc1. The zero-order valence-corrected chi connectivity index (χ0v) is 29.9. The van der Waals surface area contributed by atoms with Gasteiger partial charge in [0.2, 0.25) is 17.7 Å². The van der Waals surface area contributed by atoms with E-state index in [9.17, 15) is 24.3 Å². The molecule has 10 nitrogen and oxygen atoms in total. The van der Waals surface area contributed by atoms with E-state index in [1.165, 1.54) is 4.90 Å². The van der Waals surface area contributed by atoms with Crippen molar-refractivity contribution in [1.82, 2.24) is 15.1 Å². The van der Waals surface area contributed by atoms with Crippen molar-refractivity contribution < 1.29 is 33.8 Å². The van der Waals surface area contributed by atoms with E-state index in [1.807, 2.05) is 69.3 Å². The molecule has 3 aliphatic heterocycles. The Morgan fingerprint density at radius 3 is 2.31 bits per heavy atom.